The molecule has 0 unspecified atom stereocenters. The SMILES string of the molecule is CC(=O)O.CCCCc1c[nH]c(C)n1. The van der Waals surface area contributed by atoms with Gasteiger partial charge in [-0.25, -0.2) is 4.98 Å². The predicted octanol–water partition coefficient (Wildman–Crippen LogP) is 2.15. The summed E-state index contributed by atoms with van der Waals surface area (Å²) in [5.41, 5.74) is 1.19. The molecule has 0 aliphatic carbocycles. The number of hydrogen-bond donors (Lipinski definition) is 2. The van der Waals surface area contributed by atoms with Crippen molar-refractivity contribution in [2.75, 3.05) is 0 Å². The molecule has 0 atom stereocenters. The van der Waals surface area contributed by atoms with E-state index in [2.05, 4.69) is 16.9 Å². The van der Waals surface area contributed by atoms with Crippen LogP contribution in [-0.2, 0) is 11.2 Å². The van der Waals surface area contributed by atoms with Crippen LogP contribution in [0.3, 0.4) is 0 Å². The van der Waals surface area contributed by atoms with Crippen LogP contribution in [-0.4, -0.2) is 21.0 Å². The number of carbonyl (C=O) groups is 1. The Morgan fingerprint density at radius 2 is 2.21 bits per heavy atom. The predicted molar refractivity (Wildman–Crippen MR) is 55.2 cm³/mol. The Morgan fingerprint density at radius 3 is 2.57 bits per heavy atom. The Hall–Kier alpha value is -1.32. The zero-order valence-corrected chi connectivity index (χ0v) is 9.00. The van der Waals surface area contributed by atoms with Crippen LogP contribution in [0.5, 0.6) is 0 Å². The minimum Gasteiger partial charge on any atom is -0.481 e. The first-order chi connectivity index (χ1) is 6.56. The average Bonchev–Trinajstić information content (AvgIpc) is 2.47. The van der Waals surface area contributed by atoms with E-state index in [0.717, 1.165) is 19.2 Å². The van der Waals surface area contributed by atoms with Crippen LogP contribution in [0.4, 0.5) is 0 Å². The van der Waals surface area contributed by atoms with Crippen molar-refractivity contribution in [2.24, 2.45) is 0 Å². The van der Waals surface area contributed by atoms with Crippen LogP contribution < -0.4 is 0 Å². The minimum absolute atomic E-state index is 0.833. The summed E-state index contributed by atoms with van der Waals surface area (Å²) < 4.78 is 0. The monoisotopic (exact) mass is 198 g/mol. The van der Waals surface area contributed by atoms with Crippen LogP contribution in [0, 0.1) is 6.92 Å². The second-order valence-electron chi connectivity index (χ2n) is 3.10. The highest BCUT2D eigenvalue weighted by molar-refractivity contribution is 5.62. The topological polar surface area (TPSA) is 66.0 Å². The number of aliphatic carboxylic acids is 1. The van der Waals surface area contributed by atoms with Crippen molar-refractivity contribution in [3.63, 3.8) is 0 Å². The maximum atomic E-state index is 9.00. The van der Waals surface area contributed by atoms with Gasteiger partial charge < -0.3 is 10.1 Å². The molecule has 0 radical (unpaired) electrons. The molecular formula is C10H18N2O2. The van der Waals surface area contributed by atoms with Gasteiger partial charge in [0.1, 0.15) is 5.82 Å². The number of carboxylic acid groups (broad SMARTS) is 1. The number of carboxylic acids is 1. The van der Waals surface area contributed by atoms with E-state index in [-0.39, 0.29) is 0 Å². The van der Waals surface area contributed by atoms with Gasteiger partial charge >= 0.3 is 0 Å². The lowest BCUT2D eigenvalue weighted by molar-refractivity contribution is -0.134. The van der Waals surface area contributed by atoms with E-state index in [1.165, 1.54) is 18.5 Å². The number of aromatic amines is 1. The van der Waals surface area contributed by atoms with Crippen molar-refractivity contribution in [3.05, 3.63) is 17.7 Å². The van der Waals surface area contributed by atoms with E-state index in [0.29, 0.717) is 0 Å². The van der Waals surface area contributed by atoms with Crippen LogP contribution >= 0.6 is 0 Å². The van der Waals surface area contributed by atoms with Crippen LogP contribution in [0.25, 0.3) is 0 Å². The maximum Gasteiger partial charge on any atom is 0.300 e. The molecule has 0 aliphatic heterocycles. The normalized spacial score (nSPS) is 9.07. The van der Waals surface area contributed by atoms with Crippen molar-refractivity contribution in [3.8, 4) is 0 Å². The second kappa shape index (κ2) is 7.12. The molecule has 4 heteroatoms. The number of aryl methyl sites for hydroxylation is 2. The van der Waals surface area contributed by atoms with Crippen LogP contribution in [0.2, 0.25) is 0 Å². The Balaban J connectivity index is 0.000000364. The van der Waals surface area contributed by atoms with Crippen molar-refractivity contribution in [1.82, 2.24) is 9.97 Å². The first-order valence-electron chi connectivity index (χ1n) is 4.76. The Morgan fingerprint density at radius 1 is 1.64 bits per heavy atom. The summed E-state index contributed by atoms with van der Waals surface area (Å²) in [5.74, 6) is 0.186. The first-order valence-corrected chi connectivity index (χ1v) is 4.76. The lowest BCUT2D eigenvalue weighted by Gasteiger charge is -1.89. The van der Waals surface area contributed by atoms with Gasteiger partial charge in [-0.1, -0.05) is 13.3 Å². The van der Waals surface area contributed by atoms with E-state index in [1.54, 1.807) is 0 Å². The van der Waals surface area contributed by atoms with E-state index < -0.39 is 5.97 Å². The molecular weight excluding hydrogens is 180 g/mol. The lowest BCUT2D eigenvalue weighted by atomic mass is 10.2. The van der Waals surface area contributed by atoms with Crippen molar-refractivity contribution in [1.29, 1.82) is 0 Å². The summed E-state index contributed by atoms with van der Waals surface area (Å²) >= 11 is 0. The Bertz CT molecular complexity index is 265. The smallest absolute Gasteiger partial charge is 0.300 e. The van der Waals surface area contributed by atoms with Gasteiger partial charge in [0.15, 0.2) is 0 Å². The molecule has 80 valence electrons. The zero-order valence-electron chi connectivity index (χ0n) is 9.00. The first kappa shape index (κ1) is 12.7. The molecule has 0 fully saturated rings. The highest BCUT2D eigenvalue weighted by Gasteiger charge is 1.94. The Labute approximate surface area is 84.4 Å². The fourth-order valence-electron chi connectivity index (χ4n) is 0.954. The van der Waals surface area contributed by atoms with Gasteiger partial charge in [-0.15, -0.1) is 0 Å². The maximum absolute atomic E-state index is 9.00. The molecule has 14 heavy (non-hydrogen) atoms. The molecule has 0 aromatic carbocycles. The van der Waals surface area contributed by atoms with Gasteiger partial charge in [0.05, 0.1) is 5.69 Å². The van der Waals surface area contributed by atoms with E-state index in [4.69, 9.17) is 9.90 Å². The number of H-pyrrole nitrogens is 1. The number of nitrogens with one attached hydrogen (secondary N) is 1. The molecule has 1 aromatic heterocycles. The van der Waals surface area contributed by atoms with Gasteiger partial charge in [0.25, 0.3) is 5.97 Å². The third kappa shape index (κ3) is 7.34. The quantitative estimate of drug-likeness (QED) is 0.782. The average molecular weight is 198 g/mol. The zero-order chi connectivity index (χ0) is 11.0. The largest absolute Gasteiger partial charge is 0.481 e. The van der Waals surface area contributed by atoms with Gasteiger partial charge in [-0.05, 0) is 19.8 Å². The van der Waals surface area contributed by atoms with Crippen molar-refractivity contribution >= 4 is 5.97 Å². The highest BCUT2D eigenvalue weighted by Crippen LogP contribution is 2.01. The van der Waals surface area contributed by atoms with E-state index in [1.807, 2.05) is 13.1 Å². The molecule has 4 nitrogen and oxygen atoms in total. The molecule has 0 spiro atoms. The summed E-state index contributed by atoms with van der Waals surface area (Å²) in [6, 6.07) is 0. The molecule has 0 amide bonds. The third-order valence-electron chi connectivity index (χ3n) is 1.55. The van der Waals surface area contributed by atoms with Gasteiger partial charge in [0.2, 0.25) is 0 Å². The summed E-state index contributed by atoms with van der Waals surface area (Å²) in [6.07, 6.45) is 5.59. The summed E-state index contributed by atoms with van der Waals surface area (Å²) in [7, 11) is 0. The summed E-state index contributed by atoms with van der Waals surface area (Å²) in [4.78, 5) is 16.4. The highest BCUT2D eigenvalue weighted by atomic mass is 16.4. The van der Waals surface area contributed by atoms with Gasteiger partial charge in [-0.2, -0.15) is 0 Å². The molecule has 1 rings (SSSR count). The van der Waals surface area contributed by atoms with Gasteiger partial charge in [-0.3, -0.25) is 4.79 Å². The fraction of sp³-hybridized carbons (Fsp3) is 0.600. The molecule has 1 heterocycles. The van der Waals surface area contributed by atoms with E-state index in [9.17, 15) is 0 Å². The second-order valence-corrected chi connectivity index (χ2v) is 3.10. The molecule has 0 bridgehead atoms. The number of nitrogens with zero attached hydrogens (tertiary/aromatic N) is 1. The van der Waals surface area contributed by atoms with Crippen LogP contribution in [0.15, 0.2) is 6.20 Å². The lowest BCUT2D eigenvalue weighted by Crippen LogP contribution is -1.83. The standard InChI is InChI=1S/C8H14N2.C2H4O2/c1-3-4-5-8-6-9-7(2)10-8;1-2(3)4/h6H,3-5H2,1-2H3,(H,9,10);1H3,(H,3,4). The number of rotatable bonds is 3. The van der Waals surface area contributed by atoms with E-state index >= 15 is 0 Å². The van der Waals surface area contributed by atoms with Crippen LogP contribution in [0.1, 0.15) is 38.2 Å². The molecule has 1 aromatic rings. The number of hydrogen-bond acceptors (Lipinski definition) is 2. The summed E-state index contributed by atoms with van der Waals surface area (Å²) in [5, 5.41) is 7.42. The number of unbranched alkanes of at least 4 members (excludes halogenated alkanes) is 1. The number of imidazole rings is 1. The van der Waals surface area contributed by atoms with Crippen molar-refractivity contribution < 1.29 is 9.90 Å². The number of aromatic nitrogens is 2. The molecule has 0 saturated heterocycles. The van der Waals surface area contributed by atoms with Gasteiger partial charge in [0, 0.05) is 13.1 Å². The summed E-state index contributed by atoms with van der Waals surface area (Å²) in [6.45, 7) is 5.26. The Kier molecular flexibility index (Phi) is 6.45. The molecule has 2 N–H and O–H groups in total. The minimum atomic E-state index is -0.833. The third-order valence-corrected chi connectivity index (χ3v) is 1.55. The van der Waals surface area contributed by atoms with Crippen molar-refractivity contribution in [2.45, 2.75) is 40.0 Å². The fourth-order valence-corrected chi connectivity index (χ4v) is 0.954. The molecule has 0 saturated carbocycles. The molecule has 0 aliphatic rings.